The van der Waals surface area contributed by atoms with Crippen molar-refractivity contribution in [3.8, 4) is 5.75 Å². The lowest BCUT2D eigenvalue weighted by atomic mass is 9.85. The van der Waals surface area contributed by atoms with Crippen LogP contribution in [0.1, 0.15) is 37.7 Å². The highest BCUT2D eigenvalue weighted by atomic mass is 16.5. The molecule has 3 rings (SSSR count). The predicted molar refractivity (Wildman–Crippen MR) is 78.1 cm³/mol. The summed E-state index contributed by atoms with van der Waals surface area (Å²) >= 11 is 0. The van der Waals surface area contributed by atoms with Gasteiger partial charge in [0.15, 0.2) is 0 Å². The number of benzene rings is 1. The summed E-state index contributed by atoms with van der Waals surface area (Å²) in [5, 5.41) is 4.72. The van der Waals surface area contributed by atoms with Gasteiger partial charge in [-0.25, -0.2) is 0 Å². The van der Waals surface area contributed by atoms with Crippen LogP contribution in [0.2, 0.25) is 0 Å². The minimum absolute atomic E-state index is 0.903. The Hall–Kier alpha value is -1.70. The van der Waals surface area contributed by atoms with Crippen molar-refractivity contribution in [1.82, 2.24) is 5.32 Å². The first-order valence-electron chi connectivity index (χ1n) is 7.11. The molecular weight excluding hydrogens is 234 g/mol. The van der Waals surface area contributed by atoms with Crippen molar-refractivity contribution in [3.63, 3.8) is 0 Å². The van der Waals surface area contributed by atoms with Crippen molar-refractivity contribution in [1.29, 1.82) is 0 Å². The van der Waals surface area contributed by atoms with Crippen LogP contribution < -0.4 is 10.1 Å². The van der Waals surface area contributed by atoms with E-state index in [9.17, 15) is 0 Å². The Bertz CT molecular complexity index is 507. The number of ether oxygens (including phenoxy) is 1. The van der Waals surface area contributed by atoms with E-state index in [1.165, 1.54) is 48.9 Å². The van der Waals surface area contributed by atoms with Crippen molar-refractivity contribution < 1.29 is 4.74 Å². The lowest BCUT2D eigenvalue weighted by molar-refractivity contribution is 0.415. The van der Waals surface area contributed by atoms with E-state index < -0.39 is 0 Å². The van der Waals surface area contributed by atoms with Gasteiger partial charge in [-0.3, -0.25) is 5.32 Å². The quantitative estimate of drug-likeness (QED) is 0.784. The third kappa shape index (κ3) is 2.67. The number of rotatable bonds is 2. The molecule has 2 nitrogen and oxygen atoms in total. The topological polar surface area (TPSA) is 23.3 Å². The monoisotopic (exact) mass is 254 g/mol. The van der Waals surface area contributed by atoms with Gasteiger partial charge in [-0.1, -0.05) is 17.7 Å². The molecule has 1 aliphatic heterocycles. The zero-order chi connectivity index (χ0) is 13.1. The smallest absolute Gasteiger partial charge is 0.118 e. The highest BCUT2D eigenvalue weighted by molar-refractivity contribution is 5.60. The summed E-state index contributed by atoms with van der Waals surface area (Å²) in [5.74, 6) is 0.903. The van der Waals surface area contributed by atoms with Crippen LogP contribution >= 0.6 is 0 Å². The van der Waals surface area contributed by atoms with Crippen molar-refractivity contribution in [2.45, 2.75) is 32.1 Å². The van der Waals surface area contributed by atoms with E-state index in [-0.39, 0.29) is 0 Å². The highest BCUT2D eigenvalue weighted by Gasteiger charge is 2.20. The number of hydrogen-bond acceptors (Lipinski definition) is 1. The third-order valence-corrected chi connectivity index (χ3v) is 4.01. The molecule has 0 fully saturated rings. The minimum atomic E-state index is 0.903. The molecule has 0 unspecified atom stereocenters. The second-order valence-corrected chi connectivity index (χ2v) is 5.22. The van der Waals surface area contributed by atoms with E-state index >= 15 is 0 Å². The van der Waals surface area contributed by atoms with E-state index in [2.05, 4.69) is 18.2 Å². The van der Waals surface area contributed by atoms with Crippen LogP contribution in [0, 0.1) is 0 Å². The van der Waals surface area contributed by atoms with Gasteiger partial charge in [0, 0.05) is 6.54 Å². The van der Waals surface area contributed by atoms with Crippen LogP contribution in [0.3, 0.4) is 0 Å². The molecule has 1 aliphatic carbocycles. The molecule has 0 atom stereocenters. The molecule has 0 amide bonds. The lowest BCUT2D eigenvalue weighted by Gasteiger charge is -2.27. The van der Waals surface area contributed by atoms with E-state index in [1.807, 2.05) is 12.1 Å². The first-order valence-corrected chi connectivity index (χ1v) is 7.11. The van der Waals surface area contributed by atoms with Crippen LogP contribution in [0.15, 0.2) is 41.1 Å². The van der Waals surface area contributed by atoms with Gasteiger partial charge in [0.25, 0.3) is 0 Å². The summed E-state index contributed by atoms with van der Waals surface area (Å²) in [7, 11) is 1.70. The van der Waals surface area contributed by atoms with E-state index in [4.69, 9.17) is 10.1 Å². The van der Waals surface area contributed by atoms with E-state index in [0.29, 0.717) is 0 Å². The van der Waals surface area contributed by atoms with Gasteiger partial charge >= 0.3 is 0 Å². The lowest BCUT2D eigenvalue weighted by Crippen LogP contribution is -2.19. The van der Waals surface area contributed by atoms with Crippen LogP contribution in [0.25, 0.3) is 6.08 Å². The Morgan fingerprint density at radius 2 is 1.84 bits per heavy atom. The van der Waals surface area contributed by atoms with Crippen LogP contribution in [0.4, 0.5) is 0 Å². The molecule has 1 aromatic rings. The largest absolute Gasteiger partial charge is 0.497 e. The molecule has 99 valence electrons. The van der Waals surface area contributed by atoms with Gasteiger partial charge in [0.1, 0.15) is 5.75 Å². The molecule has 2 heteroatoms. The average molecular weight is 254 g/mol. The van der Waals surface area contributed by atoms with E-state index in [1.54, 1.807) is 12.7 Å². The van der Waals surface area contributed by atoms with E-state index in [0.717, 1.165) is 12.3 Å². The summed E-state index contributed by atoms with van der Waals surface area (Å²) in [4.78, 5) is 0. The molecule has 1 aromatic carbocycles. The second-order valence-electron chi connectivity index (χ2n) is 5.22. The Balaban J connectivity index is 1.88. The molecule has 0 aromatic heterocycles. The minimum Gasteiger partial charge on any atom is -0.497 e. The number of allylic oxidation sites excluding steroid dienone is 1. The Morgan fingerprint density at radius 3 is 2.63 bits per heavy atom. The van der Waals surface area contributed by atoms with Crippen LogP contribution in [-0.2, 0) is 0 Å². The predicted octanol–water partition coefficient (Wildman–Crippen LogP) is 3.91. The van der Waals surface area contributed by atoms with Gasteiger partial charge < -0.3 is 4.74 Å². The molecule has 0 bridgehead atoms. The summed E-state index contributed by atoms with van der Waals surface area (Å²) in [5.41, 5.74) is 5.60. The molecule has 19 heavy (non-hydrogen) atoms. The summed E-state index contributed by atoms with van der Waals surface area (Å²) in [6.07, 6.45) is 8.56. The maximum atomic E-state index is 5.19. The molecule has 0 saturated carbocycles. The van der Waals surface area contributed by atoms with Gasteiger partial charge in [0.2, 0.25) is 0 Å². The molecule has 1 radical (unpaired) electrons. The summed E-state index contributed by atoms with van der Waals surface area (Å²) in [6.45, 7) is 0.959. The first-order chi connectivity index (χ1) is 9.36. The molecule has 2 aliphatic rings. The fourth-order valence-corrected chi connectivity index (χ4v) is 2.95. The van der Waals surface area contributed by atoms with Gasteiger partial charge in [-0.05, 0) is 61.4 Å². The Labute approximate surface area is 115 Å². The summed E-state index contributed by atoms with van der Waals surface area (Å²) < 4.78 is 5.19. The molecule has 0 spiro atoms. The van der Waals surface area contributed by atoms with Gasteiger partial charge in [-0.15, -0.1) is 0 Å². The maximum Gasteiger partial charge on any atom is 0.118 e. The fraction of sp³-hybridized carbons (Fsp3) is 0.412. The molecule has 0 saturated heterocycles. The number of methoxy groups -OCH3 is 1. The van der Waals surface area contributed by atoms with Crippen molar-refractivity contribution in [2.75, 3.05) is 13.7 Å². The van der Waals surface area contributed by atoms with Crippen LogP contribution in [-0.4, -0.2) is 13.7 Å². The van der Waals surface area contributed by atoms with Gasteiger partial charge in [0.05, 0.1) is 12.8 Å². The maximum absolute atomic E-state index is 5.19. The third-order valence-electron chi connectivity index (χ3n) is 4.01. The average Bonchev–Trinajstić information content (AvgIpc) is 2.48. The molecular formula is C17H20NO. The van der Waals surface area contributed by atoms with Crippen molar-refractivity contribution >= 4 is 6.08 Å². The zero-order valence-electron chi connectivity index (χ0n) is 11.5. The highest BCUT2D eigenvalue weighted by Crippen LogP contribution is 2.34. The Morgan fingerprint density at radius 1 is 1.05 bits per heavy atom. The normalized spacial score (nSPS) is 21.0. The second kappa shape index (κ2) is 5.52. The standard InChI is InChI=1S/C17H20NO/c1-19-15-8-6-13(7-9-15)12-17-16-5-3-2-4-14(16)10-11-18-17/h6-9,12H,2-5,10-11H2,1H3. The number of nitrogens with zero attached hydrogens (tertiary/aromatic N) is 1. The fourth-order valence-electron chi connectivity index (χ4n) is 2.95. The van der Waals surface area contributed by atoms with Crippen LogP contribution in [0.5, 0.6) is 5.75 Å². The van der Waals surface area contributed by atoms with Crippen molar-refractivity contribution in [2.24, 2.45) is 0 Å². The first kappa shape index (κ1) is 12.3. The Kier molecular flexibility index (Phi) is 3.58. The molecule has 0 N–H and O–H groups in total. The van der Waals surface area contributed by atoms with Crippen molar-refractivity contribution in [3.05, 3.63) is 46.7 Å². The number of hydrogen-bond donors (Lipinski definition) is 0. The SMILES string of the molecule is COc1ccc(C=C2[N]CCC3=C2CCCC3)cc1. The summed E-state index contributed by atoms with van der Waals surface area (Å²) in [6, 6.07) is 8.20. The zero-order valence-corrected chi connectivity index (χ0v) is 11.5. The molecule has 1 heterocycles. The van der Waals surface area contributed by atoms with Gasteiger partial charge in [-0.2, -0.15) is 0 Å².